The van der Waals surface area contributed by atoms with Gasteiger partial charge in [-0.15, -0.1) is 0 Å². The van der Waals surface area contributed by atoms with Crippen molar-refractivity contribution in [3.05, 3.63) is 29.6 Å². The Balaban J connectivity index is 2.45. The van der Waals surface area contributed by atoms with E-state index in [4.69, 9.17) is 0 Å². The average Bonchev–Trinajstić information content (AvgIpc) is 2.38. The monoisotopic (exact) mass is 248 g/mol. The van der Waals surface area contributed by atoms with E-state index in [9.17, 15) is 0 Å². The lowest BCUT2D eigenvalue weighted by Crippen LogP contribution is -2.32. The highest BCUT2D eigenvalue weighted by molar-refractivity contribution is 5.13. The van der Waals surface area contributed by atoms with E-state index in [-0.39, 0.29) is 0 Å². The minimum absolute atomic E-state index is 0.590. The van der Waals surface area contributed by atoms with Crippen molar-refractivity contribution >= 4 is 0 Å². The minimum Gasteiger partial charge on any atom is -0.314 e. The lowest BCUT2D eigenvalue weighted by Gasteiger charge is -2.18. The number of pyridine rings is 1. The Hall–Kier alpha value is -0.890. The molecule has 0 saturated carbocycles. The summed E-state index contributed by atoms with van der Waals surface area (Å²) in [5.41, 5.74) is 2.45. The molecule has 0 amide bonds. The van der Waals surface area contributed by atoms with Gasteiger partial charge in [0.05, 0.1) is 0 Å². The lowest BCUT2D eigenvalue weighted by atomic mass is 10.0. The molecule has 0 aliphatic heterocycles. The van der Waals surface area contributed by atoms with Gasteiger partial charge in [-0.3, -0.25) is 4.98 Å². The second-order valence-corrected chi connectivity index (χ2v) is 5.18. The van der Waals surface area contributed by atoms with Crippen molar-refractivity contribution in [1.29, 1.82) is 0 Å². The highest BCUT2D eigenvalue weighted by Gasteiger charge is 2.09. The number of aryl methyl sites for hydroxylation is 1. The molecule has 0 saturated heterocycles. The zero-order chi connectivity index (χ0) is 13.2. The molecule has 0 bridgehead atoms. The number of aromatic nitrogens is 1. The molecule has 1 heterocycles. The zero-order valence-electron chi connectivity index (χ0n) is 12.2. The van der Waals surface area contributed by atoms with Crippen molar-refractivity contribution in [2.45, 2.75) is 65.3 Å². The van der Waals surface area contributed by atoms with Gasteiger partial charge in [0, 0.05) is 24.4 Å². The van der Waals surface area contributed by atoms with Gasteiger partial charge < -0.3 is 5.32 Å². The van der Waals surface area contributed by atoms with E-state index >= 15 is 0 Å². The number of hydrogen-bond donors (Lipinski definition) is 1. The third kappa shape index (κ3) is 6.15. The smallest absolute Gasteiger partial charge is 0.0419 e. The summed E-state index contributed by atoms with van der Waals surface area (Å²) >= 11 is 0. The maximum absolute atomic E-state index is 4.51. The second-order valence-electron chi connectivity index (χ2n) is 5.18. The Morgan fingerprint density at radius 3 is 2.61 bits per heavy atom. The van der Waals surface area contributed by atoms with Crippen LogP contribution in [0.5, 0.6) is 0 Å². The van der Waals surface area contributed by atoms with Crippen LogP contribution in [-0.2, 0) is 6.42 Å². The third-order valence-corrected chi connectivity index (χ3v) is 3.27. The van der Waals surface area contributed by atoms with Gasteiger partial charge in [0.2, 0.25) is 0 Å². The maximum Gasteiger partial charge on any atom is 0.0419 e. The molecule has 1 unspecified atom stereocenters. The first-order chi connectivity index (χ1) is 8.76. The van der Waals surface area contributed by atoms with Crippen molar-refractivity contribution in [1.82, 2.24) is 10.3 Å². The minimum atomic E-state index is 0.590. The standard InChI is InChI=1S/C16H28N2/c1-4-6-7-8-15(17-11-5-2)12-16-10-9-14(3)13-18-16/h9-10,13,15,17H,4-8,11-12H2,1-3H3. The van der Waals surface area contributed by atoms with Crippen LogP contribution in [0.3, 0.4) is 0 Å². The van der Waals surface area contributed by atoms with Crippen molar-refractivity contribution < 1.29 is 0 Å². The fourth-order valence-electron chi connectivity index (χ4n) is 2.14. The van der Waals surface area contributed by atoms with Crippen LogP contribution in [0.15, 0.2) is 18.3 Å². The summed E-state index contributed by atoms with van der Waals surface area (Å²) in [6.07, 6.45) is 9.45. The van der Waals surface area contributed by atoms with Gasteiger partial charge in [0.25, 0.3) is 0 Å². The van der Waals surface area contributed by atoms with Gasteiger partial charge in [-0.2, -0.15) is 0 Å². The molecular formula is C16H28N2. The van der Waals surface area contributed by atoms with Gasteiger partial charge in [0.15, 0.2) is 0 Å². The van der Waals surface area contributed by atoms with Crippen LogP contribution < -0.4 is 5.32 Å². The molecule has 2 heteroatoms. The molecule has 0 fully saturated rings. The average molecular weight is 248 g/mol. The van der Waals surface area contributed by atoms with Gasteiger partial charge in [0.1, 0.15) is 0 Å². The van der Waals surface area contributed by atoms with Gasteiger partial charge >= 0.3 is 0 Å². The number of nitrogens with zero attached hydrogens (tertiary/aromatic N) is 1. The summed E-state index contributed by atoms with van der Waals surface area (Å²) in [5, 5.41) is 3.65. The molecule has 102 valence electrons. The summed E-state index contributed by atoms with van der Waals surface area (Å²) < 4.78 is 0. The fourth-order valence-corrected chi connectivity index (χ4v) is 2.14. The van der Waals surface area contributed by atoms with E-state index in [1.54, 1.807) is 0 Å². The number of rotatable bonds is 9. The SMILES string of the molecule is CCCCCC(Cc1ccc(C)cn1)NCCC. The molecular weight excluding hydrogens is 220 g/mol. The van der Waals surface area contributed by atoms with E-state index in [0.717, 1.165) is 13.0 Å². The summed E-state index contributed by atoms with van der Waals surface area (Å²) in [6, 6.07) is 4.91. The van der Waals surface area contributed by atoms with Crippen molar-refractivity contribution in [3.8, 4) is 0 Å². The molecule has 0 aliphatic rings. The zero-order valence-corrected chi connectivity index (χ0v) is 12.2. The first-order valence-electron chi connectivity index (χ1n) is 7.41. The van der Waals surface area contributed by atoms with Gasteiger partial charge in [-0.05, 0) is 37.9 Å². The summed E-state index contributed by atoms with van der Waals surface area (Å²) in [7, 11) is 0. The van der Waals surface area contributed by atoms with Crippen LogP contribution in [0.4, 0.5) is 0 Å². The predicted octanol–water partition coefficient (Wildman–Crippen LogP) is 3.88. The van der Waals surface area contributed by atoms with Crippen LogP contribution in [0, 0.1) is 6.92 Å². The Kier molecular flexibility index (Phi) is 7.66. The highest BCUT2D eigenvalue weighted by Crippen LogP contribution is 2.09. The summed E-state index contributed by atoms with van der Waals surface area (Å²) in [4.78, 5) is 4.51. The fraction of sp³-hybridized carbons (Fsp3) is 0.688. The van der Waals surface area contributed by atoms with Crippen LogP contribution in [0.2, 0.25) is 0 Å². The van der Waals surface area contributed by atoms with Crippen LogP contribution in [0.25, 0.3) is 0 Å². The quantitative estimate of drug-likeness (QED) is 0.671. The van der Waals surface area contributed by atoms with E-state index in [1.807, 2.05) is 6.20 Å². The molecule has 1 N–H and O–H groups in total. The van der Waals surface area contributed by atoms with Gasteiger partial charge in [-0.25, -0.2) is 0 Å². The first kappa shape index (κ1) is 15.2. The molecule has 0 aromatic carbocycles. The summed E-state index contributed by atoms with van der Waals surface area (Å²) in [5.74, 6) is 0. The molecule has 18 heavy (non-hydrogen) atoms. The van der Waals surface area contributed by atoms with E-state index < -0.39 is 0 Å². The van der Waals surface area contributed by atoms with Crippen molar-refractivity contribution in [3.63, 3.8) is 0 Å². The Morgan fingerprint density at radius 2 is 2.00 bits per heavy atom. The van der Waals surface area contributed by atoms with Crippen molar-refractivity contribution in [2.24, 2.45) is 0 Å². The van der Waals surface area contributed by atoms with Crippen LogP contribution >= 0.6 is 0 Å². The molecule has 1 aromatic heterocycles. The van der Waals surface area contributed by atoms with E-state index in [2.05, 4.69) is 43.2 Å². The third-order valence-electron chi connectivity index (χ3n) is 3.27. The van der Waals surface area contributed by atoms with Gasteiger partial charge in [-0.1, -0.05) is 39.2 Å². The Morgan fingerprint density at radius 1 is 1.17 bits per heavy atom. The normalized spacial score (nSPS) is 12.6. The number of unbranched alkanes of at least 4 members (excludes halogenated alkanes) is 2. The second kappa shape index (κ2) is 9.09. The largest absolute Gasteiger partial charge is 0.314 e. The van der Waals surface area contributed by atoms with Crippen LogP contribution in [0.1, 0.15) is 57.2 Å². The van der Waals surface area contributed by atoms with Crippen molar-refractivity contribution in [2.75, 3.05) is 6.54 Å². The Labute approximate surface area is 112 Å². The first-order valence-corrected chi connectivity index (χ1v) is 7.41. The molecule has 1 atom stereocenters. The maximum atomic E-state index is 4.51. The van der Waals surface area contributed by atoms with Crippen LogP contribution in [-0.4, -0.2) is 17.6 Å². The lowest BCUT2D eigenvalue weighted by molar-refractivity contribution is 0.453. The molecule has 0 spiro atoms. The van der Waals surface area contributed by atoms with E-state index in [0.29, 0.717) is 6.04 Å². The molecule has 0 aliphatic carbocycles. The number of nitrogens with one attached hydrogen (secondary N) is 1. The molecule has 1 aromatic rings. The summed E-state index contributed by atoms with van der Waals surface area (Å²) in [6.45, 7) is 7.68. The number of hydrogen-bond acceptors (Lipinski definition) is 2. The molecule has 1 rings (SSSR count). The predicted molar refractivity (Wildman–Crippen MR) is 78.9 cm³/mol. The highest BCUT2D eigenvalue weighted by atomic mass is 14.9. The topological polar surface area (TPSA) is 24.9 Å². The van der Waals surface area contributed by atoms with E-state index in [1.165, 1.54) is 43.4 Å². The Bertz CT molecular complexity index is 305. The molecule has 0 radical (unpaired) electrons. The molecule has 2 nitrogen and oxygen atoms in total.